The van der Waals surface area contributed by atoms with Crippen LogP contribution in [0.5, 0.6) is 5.75 Å². The second kappa shape index (κ2) is 5.15. The van der Waals surface area contributed by atoms with Gasteiger partial charge in [-0.3, -0.25) is 0 Å². The van der Waals surface area contributed by atoms with E-state index in [0.717, 1.165) is 24.2 Å². The smallest absolute Gasteiger partial charge is 0.119 e. The molecule has 2 nitrogen and oxygen atoms in total. The molecular formula is C16H22O2. The van der Waals surface area contributed by atoms with Crippen LogP contribution in [0, 0.1) is 5.41 Å². The van der Waals surface area contributed by atoms with E-state index in [-0.39, 0.29) is 11.5 Å². The minimum atomic E-state index is -0.334. The van der Waals surface area contributed by atoms with Crippen molar-refractivity contribution < 1.29 is 9.84 Å². The largest absolute Gasteiger partial charge is 0.494 e. The topological polar surface area (TPSA) is 29.5 Å². The zero-order valence-electron chi connectivity index (χ0n) is 11.4. The van der Waals surface area contributed by atoms with Crippen molar-refractivity contribution in [3.8, 4) is 5.75 Å². The summed E-state index contributed by atoms with van der Waals surface area (Å²) in [5.74, 6) is 0.897. The molecule has 0 spiro atoms. The molecule has 2 heteroatoms. The van der Waals surface area contributed by atoms with Gasteiger partial charge in [-0.05, 0) is 48.4 Å². The van der Waals surface area contributed by atoms with Gasteiger partial charge in [0.2, 0.25) is 0 Å². The summed E-state index contributed by atoms with van der Waals surface area (Å²) in [6.07, 6.45) is 3.48. The number of ether oxygens (including phenoxy) is 1. The standard InChI is InChI=1S/C16H22O2/c1-4-18-15-7-5-6-12(9-15)13-8-14(17)11-16(2,3)10-13/h5-9,14,17H,4,10-11H2,1-3H3. The van der Waals surface area contributed by atoms with Gasteiger partial charge in [0.05, 0.1) is 12.7 Å². The van der Waals surface area contributed by atoms with Crippen LogP contribution in [0.3, 0.4) is 0 Å². The SMILES string of the molecule is CCOc1cccc(C2=CC(O)CC(C)(C)C2)c1. The quantitative estimate of drug-likeness (QED) is 0.882. The molecule has 1 unspecified atom stereocenters. The van der Waals surface area contributed by atoms with Crippen molar-refractivity contribution in [2.75, 3.05) is 6.61 Å². The van der Waals surface area contributed by atoms with Crippen molar-refractivity contribution in [1.29, 1.82) is 0 Å². The van der Waals surface area contributed by atoms with Gasteiger partial charge >= 0.3 is 0 Å². The summed E-state index contributed by atoms with van der Waals surface area (Å²) in [6.45, 7) is 7.07. The number of rotatable bonds is 3. The van der Waals surface area contributed by atoms with Gasteiger partial charge in [-0.1, -0.05) is 32.1 Å². The molecule has 2 rings (SSSR count). The molecule has 1 aromatic rings. The first-order valence-electron chi connectivity index (χ1n) is 6.62. The molecule has 1 aliphatic rings. The van der Waals surface area contributed by atoms with Crippen LogP contribution in [-0.2, 0) is 0 Å². The minimum absolute atomic E-state index is 0.158. The summed E-state index contributed by atoms with van der Waals surface area (Å²) < 4.78 is 5.53. The third-order valence-corrected chi connectivity index (χ3v) is 3.34. The summed E-state index contributed by atoms with van der Waals surface area (Å²) in [4.78, 5) is 0. The molecule has 0 heterocycles. The van der Waals surface area contributed by atoms with E-state index in [9.17, 15) is 5.11 Å². The number of aliphatic hydroxyl groups excluding tert-OH is 1. The zero-order chi connectivity index (χ0) is 13.2. The Balaban J connectivity index is 2.28. The first-order valence-corrected chi connectivity index (χ1v) is 6.62. The van der Waals surface area contributed by atoms with Gasteiger partial charge in [-0.15, -0.1) is 0 Å². The first kappa shape index (κ1) is 13.2. The van der Waals surface area contributed by atoms with Gasteiger partial charge in [0.1, 0.15) is 5.75 Å². The molecule has 0 amide bonds. The molecule has 1 aromatic carbocycles. The average molecular weight is 246 g/mol. The number of benzene rings is 1. The van der Waals surface area contributed by atoms with E-state index >= 15 is 0 Å². The summed E-state index contributed by atoms with van der Waals surface area (Å²) in [5, 5.41) is 9.94. The lowest BCUT2D eigenvalue weighted by Gasteiger charge is -2.32. The Kier molecular flexibility index (Phi) is 3.76. The molecule has 0 fully saturated rings. The monoisotopic (exact) mass is 246 g/mol. The summed E-state index contributed by atoms with van der Waals surface area (Å²) in [6, 6.07) is 8.12. The van der Waals surface area contributed by atoms with Crippen LogP contribution in [0.1, 0.15) is 39.2 Å². The third kappa shape index (κ3) is 3.14. The molecule has 0 aromatic heterocycles. The molecule has 1 aliphatic carbocycles. The zero-order valence-corrected chi connectivity index (χ0v) is 11.4. The van der Waals surface area contributed by atoms with Gasteiger partial charge < -0.3 is 9.84 Å². The summed E-state index contributed by atoms with van der Waals surface area (Å²) in [7, 11) is 0. The number of allylic oxidation sites excluding steroid dienone is 1. The summed E-state index contributed by atoms with van der Waals surface area (Å²) >= 11 is 0. The van der Waals surface area contributed by atoms with Crippen LogP contribution in [0.25, 0.3) is 5.57 Å². The van der Waals surface area contributed by atoms with E-state index in [2.05, 4.69) is 26.0 Å². The van der Waals surface area contributed by atoms with E-state index in [1.54, 1.807) is 0 Å². The van der Waals surface area contributed by atoms with Gasteiger partial charge in [-0.2, -0.15) is 0 Å². The fourth-order valence-corrected chi connectivity index (χ4v) is 2.65. The maximum atomic E-state index is 9.94. The van der Waals surface area contributed by atoms with Crippen molar-refractivity contribution in [1.82, 2.24) is 0 Å². The van der Waals surface area contributed by atoms with E-state index in [0.29, 0.717) is 6.61 Å². The highest BCUT2D eigenvalue weighted by atomic mass is 16.5. The van der Waals surface area contributed by atoms with Crippen LogP contribution in [-0.4, -0.2) is 17.8 Å². The van der Waals surface area contributed by atoms with Crippen LogP contribution in [0.2, 0.25) is 0 Å². The van der Waals surface area contributed by atoms with Crippen molar-refractivity contribution in [2.24, 2.45) is 5.41 Å². The maximum absolute atomic E-state index is 9.94. The highest BCUT2D eigenvalue weighted by Gasteiger charge is 2.28. The van der Waals surface area contributed by atoms with Crippen molar-refractivity contribution in [3.63, 3.8) is 0 Å². The molecule has 98 valence electrons. The van der Waals surface area contributed by atoms with Gasteiger partial charge in [0.15, 0.2) is 0 Å². The maximum Gasteiger partial charge on any atom is 0.119 e. The lowest BCUT2D eigenvalue weighted by molar-refractivity contribution is 0.146. The van der Waals surface area contributed by atoms with Crippen molar-refractivity contribution in [2.45, 2.75) is 39.7 Å². The Bertz CT molecular complexity index is 446. The second-order valence-corrected chi connectivity index (χ2v) is 5.77. The normalized spacial score (nSPS) is 22.4. The highest BCUT2D eigenvalue weighted by molar-refractivity contribution is 5.68. The Morgan fingerprint density at radius 3 is 2.83 bits per heavy atom. The lowest BCUT2D eigenvalue weighted by Crippen LogP contribution is -2.24. The van der Waals surface area contributed by atoms with Crippen LogP contribution in [0.4, 0.5) is 0 Å². The number of aliphatic hydroxyl groups is 1. The van der Waals surface area contributed by atoms with Crippen molar-refractivity contribution >= 4 is 5.57 Å². The Morgan fingerprint density at radius 2 is 2.17 bits per heavy atom. The van der Waals surface area contributed by atoms with Crippen LogP contribution >= 0.6 is 0 Å². The van der Waals surface area contributed by atoms with Crippen LogP contribution in [0.15, 0.2) is 30.3 Å². The Hall–Kier alpha value is -1.28. The van der Waals surface area contributed by atoms with Gasteiger partial charge in [0.25, 0.3) is 0 Å². The molecule has 0 aliphatic heterocycles. The molecule has 0 saturated carbocycles. The molecule has 0 radical (unpaired) electrons. The molecule has 0 saturated heterocycles. The average Bonchev–Trinajstić information content (AvgIpc) is 2.27. The van der Waals surface area contributed by atoms with Gasteiger partial charge in [-0.25, -0.2) is 0 Å². The predicted octanol–water partition coefficient (Wildman–Crippen LogP) is 3.65. The summed E-state index contributed by atoms with van der Waals surface area (Å²) in [5.41, 5.74) is 2.54. The lowest BCUT2D eigenvalue weighted by atomic mass is 9.74. The van der Waals surface area contributed by atoms with E-state index in [1.165, 1.54) is 5.57 Å². The number of hydrogen-bond acceptors (Lipinski definition) is 2. The van der Waals surface area contributed by atoms with Crippen molar-refractivity contribution in [3.05, 3.63) is 35.9 Å². The molecule has 0 bridgehead atoms. The molecule has 1 N–H and O–H groups in total. The fraction of sp³-hybridized carbons (Fsp3) is 0.500. The van der Waals surface area contributed by atoms with Crippen LogP contribution < -0.4 is 4.74 Å². The highest BCUT2D eigenvalue weighted by Crippen LogP contribution is 2.39. The molecule has 18 heavy (non-hydrogen) atoms. The first-order chi connectivity index (χ1) is 8.50. The number of hydrogen-bond donors (Lipinski definition) is 1. The molecule has 1 atom stereocenters. The second-order valence-electron chi connectivity index (χ2n) is 5.77. The Labute approximate surface area is 109 Å². The minimum Gasteiger partial charge on any atom is -0.494 e. The van der Waals surface area contributed by atoms with E-state index < -0.39 is 0 Å². The van der Waals surface area contributed by atoms with E-state index in [4.69, 9.17) is 4.74 Å². The van der Waals surface area contributed by atoms with Gasteiger partial charge in [0, 0.05) is 0 Å². The third-order valence-electron chi connectivity index (χ3n) is 3.34. The fourth-order valence-electron chi connectivity index (χ4n) is 2.65. The van der Waals surface area contributed by atoms with E-state index in [1.807, 2.05) is 25.1 Å². The molecular weight excluding hydrogens is 224 g/mol. The predicted molar refractivity (Wildman–Crippen MR) is 74.6 cm³/mol. The Morgan fingerprint density at radius 1 is 1.39 bits per heavy atom.